The molecular weight excluding hydrogens is 463 g/mol. The third kappa shape index (κ3) is 4.76. The number of carbonyl (C=O) groups is 1. The molecule has 2 atom stereocenters. The molecule has 0 bridgehead atoms. The zero-order chi connectivity index (χ0) is 24.2. The second-order valence-electron chi connectivity index (χ2n) is 8.11. The third-order valence-electron chi connectivity index (χ3n) is 5.93. The molecule has 9 heteroatoms. The zero-order valence-electron chi connectivity index (χ0n) is 18.7. The summed E-state index contributed by atoms with van der Waals surface area (Å²) in [5, 5.41) is 6.57. The molecule has 3 aromatic heterocycles. The van der Waals surface area contributed by atoms with E-state index in [2.05, 4.69) is 25.2 Å². The SMILES string of the molecule is O=C(CCN1C(=S)NC(c2ccccn2)C1c1cccn1-c1cccnc1)Nc1ccccc1F. The first-order valence-corrected chi connectivity index (χ1v) is 11.6. The lowest BCUT2D eigenvalue weighted by Crippen LogP contribution is -2.33. The average Bonchev–Trinajstić information content (AvgIpc) is 3.49. The fourth-order valence-corrected chi connectivity index (χ4v) is 4.66. The van der Waals surface area contributed by atoms with E-state index in [1.54, 1.807) is 30.7 Å². The Balaban J connectivity index is 1.44. The molecule has 35 heavy (non-hydrogen) atoms. The molecule has 1 saturated heterocycles. The van der Waals surface area contributed by atoms with E-state index in [1.807, 2.05) is 53.6 Å². The fraction of sp³-hybridized carbons (Fsp3) is 0.154. The van der Waals surface area contributed by atoms with Gasteiger partial charge >= 0.3 is 0 Å². The van der Waals surface area contributed by atoms with Crippen LogP contribution < -0.4 is 10.6 Å². The number of benzene rings is 1. The van der Waals surface area contributed by atoms with E-state index in [-0.39, 0.29) is 30.1 Å². The van der Waals surface area contributed by atoms with Crippen molar-refractivity contribution in [3.63, 3.8) is 0 Å². The molecule has 1 aliphatic heterocycles. The van der Waals surface area contributed by atoms with Crippen molar-refractivity contribution < 1.29 is 9.18 Å². The van der Waals surface area contributed by atoms with Crippen LogP contribution in [0, 0.1) is 5.82 Å². The topological polar surface area (TPSA) is 75.1 Å². The smallest absolute Gasteiger partial charge is 0.226 e. The maximum Gasteiger partial charge on any atom is 0.226 e. The molecule has 1 fully saturated rings. The van der Waals surface area contributed by atoms with Gasteiger partial charge in [-0.25, -0.2) is 4.39 Å². The van der Waals surface area contributed by atoms with Crippen molar-refractivity contribution in [3.05, 3.63) is 109 Å². The van der Waals surface area contributed by atoms with E-state index in [1.165, 1.54) is 12.1 Å². The summed E-state index contributed by atoms with van der Waals surface area (Å²) in [7, 11) is 0. The number of para-hydroxylation sites is 1. The highest BCUT2D eigenvalue weighted by molar-refractivity contribution is 7.80. The van der Waals surface area contributed by atoms with Gasteiger partial charge in [-0.3, -0.25) is 14.8 Å². The van der Waals surface area contributed by atoms with Gasteiger partial charge in [0.2, 0.25) is 5.91 Å². The summed E-state index contributed by atoms with van der Waals surface area (Å²) < 4.78 is 16.0. The molecule has 7 nitrogen and oxygen atoms in total. The van der Waals surface area contributed by atoms with Gasteiger partial charge in [0.05, 0.1) is 35.3 Å². The number of halogens is 1. The molecule has 0 radical (unpaired) electrons. The maximum atomic E-state index is 14.0. The summed E-state index contributed by atoms with van der Waals surface area (Å²) in [6.07, 6.45) is 7.39. The van der Waals surface area contributed by atoms with Crippen molar-refractivity contribution in [2.45, 2.75) is 18.5 Å². The van der Waals surface area contributed by atoms with E-state index < -0.39 is 5.82 Å². The Bertz CT molecular complexity index is 1330. The predicted molar refractivity (Wildman–Crippen MR) is 135 cm³/mol. The number of aromatic nitrogens is 3. The Labute approximate surface area is 207 Å². The lowest BCUT2D eigenvalue weighted by Gasteiger charge is -2.28. The van der Waals surface area contributed by atoms with Crippen LogP contribution in [0.4, 0.5) is 10.1 Å². The molecule has 2 unspecified atom stereocenters. The molecule has 0 aliphatic carbocycles. The number of nitrogens with one attached hydrogen (secondary N) is 2. The number of amides is 1. The number of pyridine rings is 2. The van der Waals surface area contributed by atoms with Crippen LogP contribution in [0.1, 0.15) is 29.9 Å². The minimum absolute atomic E-state index is 0.134. The molecule has 1 aromatic carbocycles. The first-order chi connectivity index (χ1) is 17.1. The van der Waals surface area contributed by atoms with Crippen LogP contribution in [-0.2, 0) is 4.79 Å². The molecule has 1 aliphatic rings. The number of anilines is 1. The van der Waals surface area contributed by atoms with Crippen LogP contribution in [0.3, 0.4) is 0 Å². The van der Waals surface area contributed by atoms with Crippen LogP contribution in [0.25, 0.3) is 5.69 Å². The first kappa shape index (κ1) is 22.7. The summed E-state index contributed by atoms with van der Waals surface area (Å²) in [6, 6.07) is 19.3. The Kier molecular flexibility index (Phi) is 6.49. The molecule has 0 saturated carbocycles. The van der Waals surface area contributed by atoms with E-state index in [4.69, 9.17) is 12.2 Å². The monoisotopic (exact) mass is 486 g/mol. The number of hydrogen-bond donors (Lipinski definition) is 2. The largest absolute Gasteiger partial charge is 0.352 e. The molecule has 4 heterocycles. The van der Waals surface area contributed by atoms with Crippen molar-refractivity contribution in [2.75, 3.05) is 11.9 Å². The van der Waals surface area contributed by atoms with E-state index in [0.717, 1.165) is 17.1 Å². The number of thiocarbonyl (C=S) groups is 1. The van der Waals surface area contributed by atoms with E-state index in [9.17, 15) is 9.18 Å². The quantitative estimate of drug-likeness (QED) is 0.377. The highest BCUT2D eigenvalue weighted by atomic mass is 32.1. The van der Waals surface area contributed by atoms with Gasteiger partial charge < -0.3 is 20.1 Å². The molecule has 1 amide bonds. The Hall–Kier alpha value is -4.11. The second kappa shape index (κ2) is 10.0. The number of rotatable bonds is 7. The highest BCUT2D eigenvalue weighted by Gasteiger charge is 2.41. The van der Waals surface area contributed by atoms with Gasteiger partial charge in [0.15, 0.2) is 5.11 Å². The Morgan fingerprint density at radius 1 is 1.06 bits per heavy atom. The summed E-state index contributed by atoms with van der Waals surface area (Å²) in [4.78, 5) is 23.5. The van der Waals surface area contributed by atoms with Gasteiger partial charge in [-0.1, -0.05) is 18.2 Å². The van der Waals surface area contributed by atoms with Crippen molar-refractivity contribution in [1.82, 2.24) is 24.8 Å². The number of hydrogen-bond acceptors (Lipinski definition) is 4. The van der Waals surface area contributed by atoms with Gasteiger partial charge in [-0.2, -0.15) is 0 Å². The molecule has 4 aromatic rings. The average molecular weight is 487 g/mol. The minimum atomic E-state index is -0.471. The molecule has 0 spiro atoms. The lowest BCUT2D eigenvalue weighted by atomic mass is 10.0. The van der Waals surface area contributed by atoms with Crippen molar-refractivity contribution >= 4 is 28.9 Å². The predicted octanol–water partition coefficient (Wildman–Crippen LogP) is 4.41. The second-order valence-corrected chi connectivity index (χ2v) is 8.50. The van der Waals surface area contributed by atoms with Crippen molar-refractivity contribution in [3.8, 4) is 5.69 Å². The standard InChI is InChI=1S/C26H23FN6OS/c27-19-8-1-2-9-20(19)30-23(34)12-16-33-25(24(31-26(33)35)21-10-3-4-14-29-21)22-11-6-15-32(22)18-7-5-13-28-17-18/h1-11,13-15,17,24-25H,12,16H2,(H,30,34)(H,31,35). The van der Waals surface area contributed by atoms with Gasteiger partial charge in [-0.15, -0.1) is 0 Å². The van der Waals surface area contributed by atoms with Crippen molar-refractivity contribution in [2.24, 2.45) is 0 Å². The summed E-state index contributed by atoms with van der Waals surface area (Å²) >= 11 is 5.70. The maximum absolute atomic E-state index is 14.0. The fourth-order valence-electron chi connectivity index (χ4n) is 4.33. The van der Waals surface area contributed by atoms with Crippen LogP contribution in [-0.4, -0.2) is 37.0 Å². The van der Waals surface area contributed by atoms with Crippen LogP contribution >= 0.6 is 12.2 Å². The van der Waals surface area contributed by atoms with Crippen LogP contribution in [0.5, 0.6) is 0 Å². The van der Waals surface area contributed by atoms with Gasteiger partial charge in [0.1, 0.15) is 5.82 Å². The molecule has 176 valence electrons. The highest BCUT2D eigenvalue weighted by Crippen LogP contribution is 2.39. The first-order valence-electron chi connectivity index (χ1n) is 11.2. The van der Waals surface area contributed by atoms with Gasteiger partial charge in [-0.05, 0) is 60.7 Å². The van der Waals surface area contributed by atoms with Crippen LogP contribution in [0.15, 0.2) is 91.5 Å². The van der Waals surface area contributed by atoms with Crippen LogP contribution in [0.2, 0.25) is 0 Å². The Morgan fingerprint density at radius 2 is 1.91 bits per heavy atom. The molecule has 5 rings (SSSR count). The Morgan fingerprint density at radius 3 is 2.69 bits per heavy atom. The van der Waals surface area contributed by atoms with E-state index >= 15 is 0 Å². The van der Waals surface area contributed by atoms with E-state index in [0.29, 0.717) is 11.7 Å². The lowest BCUT2D eigenvalue weighted by molar-refractivity contribution is -0.116. The normalized spacial score (nSPS) is 17.3. The number of nitrogens with zero attached hydrogens (tertiary/aromatic N) is 4. The molecule has 2 N–H and O–H groups in total. The molecular formula is C26H23FN6OS. The summed E-state index contributed by atoms with van der Waals surface area (Å²) in [5.74, 6) is -0.762. The zero-order valence-corrected chi connectivity index (χ0v) is 19.5. The van der Waals surface area contributed by atoms with Gasteiger partial charge in [0, 0.05) is 37.3 Å². The minimum Gasteiger partial charge on any atom is -0.352 e. The third-order valence-corrected chi connectivity index (χ3v) is 6.29. The summed E-state index contributed by atoms with van der Waals surface area (Å²) in [6.45, 7) is 0.346. The number of carbonyl (C=O) groups excluding carboxylic acids is 1. The van der Waals surface area contributed by atoms with Crippen molar-refractivity contribution in [1.29, 1.82) is 0 Å². The van der Waals surface area contributed by atoms with Gasteiger partial charge in [0.25, 0.3) is 0 Å². The summed E-state index contributed by atoms with van der Waals surface area (Å²) in [5.41, 5.74) is 2.91.